The number of nitrogens with zero attached hydrogens (tertiary/aromatic N) is 4. The van der Waals surface area contributed by atoms with Crippen molar-refractivity contribution in [1.29, 1.82) is 0 Å². The predicted octanol–water partition coefficient (Wildman–Crippen LogP) is 4.34. The van der Waals surface area contributed by atoms with Gasteiger partial charge in [0.15, 0.2) is 11.5 Å². The Balaban J connectivity index is 1.46. The van der Waals surface area contributed by atoms with Crippen LogP contribution < -0.4 is 14.4 Å². The third-order valence-corrected chi connectivity index (χ3v) is 7.12. The number of rotatable bonds is 12. The van der Waals surface area contributed by atoms with Crippen LogP contribution in [0.2, 0.25) is 0 Å². The number of amides is 1. The lowest BCUT2D eigenvalue weighted by Crippen LogP contribution is -2.42. The van der Waals surface area contributed by atoms with Gasteiger partial charge in [0, 0.05) is 31.2 Å². The van der Waals surface area contributed by atoms with E-state index in [9.17, 15) is 4.79 Å². The van der Waals surface area contributed by atoms with Gasteiger partial charge in [-0.05, 0) is 63.9 Å². The minimum absolute atomic E-state index is 0.153. The molecule has 1 saturated heterocycles. The molecule has 1 fully saturated rings. The molecule has 2 aliphatic rings. The number of hydrogen-bond acceptors (Lipinski definition) is 8. The highest BCUT2D eigenvalue weighted by Gasteiger charge is 2.43. The highest BCUT2D eigenvalue weighted by atomic mass is 16.7. The number of anilines is 1. The number of hydrogen-bond donors (Lipinski definition) is 0. The topological polar surface area (TPSA) is 86.3 Å². The monoisotopic (exact) mass is 520 g/mol. The lowest BCUT2D eigenvalue weighted by molar-refractivity contribution is -0.149. The summed E-state index contributed by atoms with van der Waals surface area (Å²) in [6.45, 7) is 8.57. The number of carbonyl (C=O) groups excluding carboxylic acids is 1. The van der Waals surface area contributed by atoms with Crippen LogP contribution in [0.5, 0.6) is 11.5 Å². The molecule has 1 amide bonds. The minimum Gasteiger partial charge on any atom is -0.493 e. The predicted molar refractivity (Wildman–Crippen MR) is 145 cm³/mol. The van der Waals surface area contributed by atoms with E-state index in [-0.39, 0.29) is 5.91 Å². The SMILES string of the molecule is CCOC(OCC)N1C(=O)C(c2ncnc3cc(OCCCN4CCCC4)c(OC)cc23)c2ccccc21. The molecule has 0 spiro atoms. The Hall–Kier alpha value is -3.27. The molecule has 5 rings (SSSR count). The molecule has 1 aromatic heterocycles. The van der Waals surface area contributed by atoms with Crippen molar-refractivity contribution in [2.75, 3.05) is 51.5 Å². The lowest BCUT2D eigenvalue weighted by Gasteiger charge is -2.27. The van der Waals surface area contributed by atoms with E-state index < -0.39 is 12.3 Å². The Bertz CT molecular complexity index is 1260. The summed E-state index contributed by atoms with van der Waals surface area (Å²) in [7, 11) is 1.62. The molecule has 1 atom stereocenters. The lowest BCUT2D eigenvalue weighted by atomic mass is 9.94. The van der Waals surface area contributed by atoms with Crippen molar-refractivity contribution in [2.24, 2.45) is 0 Å². The number of methoxy groups -OCH3 is 1. The van der Waals surface area contributed by atoms with Gasteiger partial charge in [-0.3, -0.25) is 9.69 Å². The van der Waals surface area contributed by atoms with Crippen LogP contribution in [0, 0.1) is 0 Å². The van der Waals surface area contributed by atoms with Crippen molar-refractivity contribution in [3.05, 3.63) is 54.0 Å². The second-order valence-electron chi connectivity index (χ2n) is 9.45. The Morgan fingerprint density at radius 1 is 1.03 bits per heavy atom. The summed E-state index contributed by atoms with van der Waals surface area (Å²) >= 11 is 0. The zero-order valence-electron chi connectivity index (χ0n) is 22.4. The number of aromatic nitrogens is 2. The van der Waals surface area contributed by atoms with Crippen LogP contribution in [0.15, 0.2) is 42.7 Å². The first-order valence-corrected chi connectivity index (χ1v) is 13.5. The largest absolute Gasteiger partial charge is 0.493 e. The summed E-state index contributed by atoms with van der Waals surface area (Å²) < 4.78 is 23.4. The summed E-state index contributed by atoms with van der Waals surface area (Å²) in [4.78, 5) is 27.1. The molecule has 0 radical (unpaired) electrons. The average molecular weight is 521 g/mol. The fourth-order valence-electron chi connectivity index (χ4n) is 5.37. The van der Waals surface area contributed by atoms with Crippen LogP contribution in [0.1, 0.15) is 50.3 Å². The molecule has 0 saturated carbocycles. The first kappa shape index (κ1) is 26.3. The van der Waals surface area contributed by atoms with Gasteiger partial charge in [-0.15, -0.1) is 0 Å². The van der Waals surface area contributed by atoms with Crippen LogP contribution in [-0.2, 0) is 14.3 Å². The molecule has 0 aliphatic carbocycles. The molecule has 3 heterocycles. The van der Waals surface area contributed by atoms with Gasteiger partial charge in [0.25, 0.3) is 0 Å². The molecule has 38 heavy (non-hydrogen) atoms. The van der Waals surface area contributed by atoms with E-state index in [0.29, 0.717) is 42.5 Å². The smallest absolute Gasteiger partial charge is 0.247 e. The molecule has 202 valence electrons. The van der Waals surface area contributed by atoms with Gasteiger partial charge in [0.2, 0.25) is 12.3 Å². The zero-order valence-corrected chi connectivity index (χ0v) is 22.4. The van der Waals surface area contributed by atoms with E-state index in [0.717, 1.165) is 29.6 Å². The fourth-order valence-corrected chi connectivity index (χ4v) is 5.37. The van der Waals surface area contributed by atoms with Crippen LogP contribution in [0.3, 0.4) is 0 Å². The van der Waals surface area contributed by atoms with Crippen LogP contribution in [0.25, 0.3) is 10.9 Å². The number of fused-ring (bicyclic) bond motifs is 2. The molecule has 1 unspecified atom stereocenters. The van der Waals surface area contributed by atoms with Crippen molar-refractivity contribution in [3.8, 4) is 11.5 Å². The molecule has 9 heteroatoms. The number of para-hydroxylation sites is 1. The Morgan fingerprint density at radius 3 is 2.53 bits per heavy atom. The third kappa shape index (κ3) is 5.18. The van der Waals surface area contributed by atoms with Crippen molar-refractivity contribution in [3.63, 3.8) is 0 Å². The summed E-state index contributed by atoms with van der Waals surface area (Å²) in [5.41, 5.74) is 2.91. The molecule has 0 N–H and O–H groups in total. The molecule has 9 nitrogen and oxygen atoms in total. The highest BCUT2D eigenvalue weighted by Crippen LogP contribution is 2.44. The molecule has 2 aromatic carbocycles. The third-order valence-electron chi connectivity index (χ3n) is 7.12. The van der Waals surface area contributed by atoms with Gasteiger partial charge >= 0.3 is 0 Å². The summed E-state index contributed by atoms with van der Waals surface area (Å²) in [6, 6.07) is 11.5. The second kappa shape index (κ2) is 12.1. The Kier molecular flexibility index (Phi) is 8.36. The van der Waals surface area contributed by atoms with Gasteiger partial charge in [0.05, 0.1) is 30.6 Å². The molecular weight excluding hydrogens is 484 g/mol. The second-order valence-corrected chi connectivity index (χ2v) is 9.45. The number of likely N-dealkylation sites (tertiary alicyclic amines) is 1. The molecule has 3 aromatic rings. The summed E-state index contributed by atoms with van der Waals surface area (Å²) in [5.74, 6) is 0.446. The van der Waals surface area contributed by atoms with Gasteiger partial charge in [-0.25, -0.2) is 9.97 Å². The maximum Gasteiger partial charge on any atom is 0.247 e. The van der Waals surface area contributed by atoms with E-state index in [1.54, 1.807) is 12.0 Å². The van der Waals surface area contributed by atoms with E-state index >= 15 is 0 Å². The average Bonchev–Trinajstić information content (AvgIpc) is 3.55. The van der Waals surface area contributed by atoms with Gasteiger partial charge in [-0.1, -0.05) is 18.2 Å². The van der Waals surface area contributed by atoms with Crippen molar-refractivity contribution in [2.45, 2.75) is 45.4 Å². The minimum atomic E-state index is -0.813. The number of benzene rings is 2. The van der Waals surface area contributed by atoms with E-state index in [2.05, 4.69) is 14.9 Å². The van der Waals surface area contributed by atoms with Crippen LogP contribution in [-0.4, -0.2) is 73.8 Å². The first-order chi connectivity index (χ1) is 18.7. The standard InChI is InChI=1S/C29H36N4O5/c1-4-36-29(37-5-2)33-23-12-7-6-11-20(23)26(28(33)34)27-21-17-24(35-3)25(18-22(21)30-19-31-27)38-16-10-15-32-13-8-9-14-32/h6-7,11-12,17-19,26,29H,4-5,8-10,13-16H2,1-3H3. The molecular formula is C29H36N4O5. The van der Waals surface area contributed by atoms with Gasteiger partial charge < -0.3 is 23.8 Å². The Morgan fingerprint density at radius 2 is 1.79 bits per heavy atom. The van der Waals surface area contributed by atoms with E-state index in [1.807, 2.05) is 50.2 Å². The number of ether oxygens (including phenoxy) is 4. The van der Waals surface area contributed by atoms with Crippen molar-refractivity contribution < 1.29 is 23.7 Å². The van der Waals surface area contributed by atoms with Crippen LogP contribution >= 0.6 is 0 Å². The maximum atomic E-state index is 13.9. The van der Waals surface area contributed by atoms with Crippen molar-refractivity contribution >= 4 is 22.5 Å². The summed E-state index contributed by atoms with van der Waals surface area (Å²) in [5, 5.41) is 0.744. The number of carbonyl (C=O) groups is 1. The first-order valence-electron chi connectivity index (χ1n) is 13.5. The van der Waals surface area contributed by atoms with Crippen LogP contribution in [0.4, 0.5) is 5.69 Å². The normalized spacial score (nSPS) is 17.5. The molecule has 2 aliphatic heterocycles. The van der Waals surface area contributed by atoms with Gasteiger partial charge in [-0.2, -0.15) is 0 Å². The Labute approximate surface area is 223 Å². The quantitative estimate of drug-likeness (QED) is 0.258. The summed E-state index contributed by atoms with van der Waals surface area (Å²) in [6.07, 6.45) is 4.20. The molecule has 0 bridgehead atoms. The zero-order chi connectivity index (χ0) is 26.5. The highest BCUT2D eigenvalue weighted by molar-refractivity contribution is 6.08. The van der Waals surface area contributed by atoms with E-state index in [4.69, 9.17) is 18.9 Å². The van der Waals surface area contributed by atoms with Gasteiger partial charge in [0.1, 0.15) is 12.2 Å². The maximum absolute atomic E-state index is 13.9. The van der Waals surface area contributed by atoms with E-state index in [1.165, 1.54) is 32.3 Å². The fraction of sp³-hybridized carbons (Fsp3) is 0.483. The van der Waals surface area contributed by atoms with Crippen molar-refractivity contribution in [1.82, 2.24) is 14.9 Å².